The molecule has 0 aromatic heterocycles. The molecule has 0 atom stereocenters. The molecule has 29 heavy (non-hydrogen) atoms. The fourth-order valence-electron chi connectivity index (χ4n) is 3.95. The Morgan fingerprint density at radius 1 is 1.10 bits per heavy atom. The van der Waals surface area contributed by atoms with Crippen LogP contribution in [0.25, 0.3) is 5.57 Å². The van der Waals surface area contributed by atoms with Gasteiger partial charge in [0.1, 0.15) is 16.4 Å². The number of phenols is 1. The Labute approximate surface area is 180 Å². The Bertz CT molecular complexity index is 1020. The van der Waals surface area contributed by atoms with Gasteiger partial charge in [0.25, 0.3) is 0 Å². The summed E-state index contributed by atoms with van der Waals surface area (Å²) in [6.07, 6.45) is 2.44. The number of hydrogen-bond acceptors (Lipinski definition) is 7. The van der Waals surface area contributed by atoms with Crippen molar-refractivity contribution >= 4 is 64.3 Å². The number of carbonyl (C=O) groups excluding carboxylic acids is 3. The number of likely N-dealkylation sites (tertiary alicyclic amines) is 1. The highest BCUT2D eigenvalue weighted by Gasteiger charge is 2.45. The fourth-order valence-corrected chi connectivity index (χ4v) is 7.68. The molecule has 9 heteroatoms. The number of anilines is 1. The van der Waals surface area contributed by atoms with Crippen LogP contribution in [0.2, 0.25) is 0 Å². The van der Waals surface area contributed by atoms with Gasteiger partial charge in [0.05, 0.1) is 12.2 Å². The van der Waals surface area contributed by atoms with Crippen LogP contribution in [0.15, 0.2) is 45.4 Å². The summed E-state index contributed by atoms with van der Waals surface area (Å²) >= 11 is 4.96. The van der Waals surface area contributed by atoms with E-state index in [-0.39, 0.29) is 46.9 Å². The molecule has 1 saturated heterocycles. The molecule has 1 N–H and O–H groups in total. The summed E-state index contributed by atoms with van der Waals surface area (Å²) in [5.41, 5.74) is 2.34. The molecule has 5 rings (SSSR count). The van der Waals surface area contributed by atoms with E-state index < -0.39 is 0 Å². The first kappa shape index (κ1) is 18.9. The molecule has 0 saturated carbocycles. The van der Waals surface area contributed by atoms with Gasteiger partial charge in [-0.3, -0.25) is 19.3 Å². The van der Waals surface area contributed by atoms with Gasteiger partial charge in [0.15, 0.2) is 0 Å². The summed E-state index contributed by atoms with van der Waals surface area (Å²) < 4.78 is -0.306. The van der Waals surface area contributed by atoms with Gasteiger partial charge < -0.3 is 10.0 Å². The maximum absolute atomic E-state index is 13.1. The highest BCUT2D eigenvalue weighted by Crippen LogP contribution is 2.61. The van der Waals surface area contributed by atoms with Gasteiger partial charge in [-0.2, -0.15) is 0 Å². The number of para-hydroxylation sites is 1. The van der Waals surface area contributed by atoms with Gasteiger partial charge in [-0.25, -0.2) is 0 Å². The minimum absolute atomic E-state index is 0.0112. The van der Waals surface area contributed by atoms with Gasteiger partial charge >= 0.3 is 0 Å². The second kappa shape index (κ2) is 7.00. The van der Waals surface area contributed by atoms with Gasteiger partial charge in [0, 0.05) is 28.9 Å². The lowest BCUT2D eigenvalue weighted by atomic mass is 9.94. The average Bonchev–Trinajstić information content (AvgIpc) is 3.29. The molecule has 4 heterocycles. The lowest BCUT2D eigenvalue weighted by molar-refractivity contribution is -0.141. The van der Waals surface area contributed by atoms with Crippen molar-refractivity contribution in [2.24, 2.45) is 0 Å². The van der Waals surface area contributed by atoms with Crippen molar-refractivity contribution in [2.75, 3.05) is 18.0 Å². The molecule has 4 aliphatic heterocycles. The number of thioether (sulfide) groups is 3. The van der Waals surface area contributed by atoms with E-state index in [4.69, 9.17) is 0 Å². The predicted molar refractivity (Wildman–Crippen MR) is 117 cm³/mol. The smallest absolute Gasteiger partial charge is 0.247 e. The van der Waals surface area contributed by atoms with Crippen molar-refractivity contribution in [1.82, 2.24) is 4.90 Å². The quantitative estimate of drug-likeness (QED) is 0.700. The van der Waals surface area contributed by atoms with E-state index in [2.05, 4.69) is 16.9 Å². The van der Waals surface area contributed by atoms with Crippen molar-refractivity contribution in [1.29, 1.82) is 0 Å². The summed E-state index contributed by atoms with van der Waals surface area (Å²) in [4.78, 5) is 40.6. The van der Waals surface area contributed by atoms with Crippen molar-refractivity contribution < 1.29 is 19.5 Å². The summed E-state index contributed by atoms with van der Waals surface area (Å²) in [6.45, 7) is -0.00238. The monoisotopic (exact) mass is 444 g/mol. The summed E-state index contributed by atoms with van der Waals surface area (Å²) in [5.74, 6) is -1.01. The third kappa shape index (κ3) is 2.94. The molecule has 148 valence electrons. The molecule has 0 bridgehead atoms. The lowest BCUT2D eigenvalue weighted by Gasteiger charge is -2.40. The van der Waals surface area contributed by atoms with Crippen molar-refractivity contribution in [3.63, 3.8) is 0 Å². The lowest BCUT2D eigenvalue weighted by Crippen LogP contribution is -2.45. The van der Waals surface area contributed by atoms with E-state index in [1.165, 1.54) is 4.90 Å². The summed E-state index contributed by atoms with van der Waals surface area (Å²) in [5, 5.41) is 16.8. The number of imide groups is 1. The number of hydrogen-bond donors (Lipinski definition) is 1. The molecule has 1 aromatic carbocycles. The molecule has 1 spiro atoms. The van der Waals surface area contributed by atoms with E-state index in [0.717, 1.165) is 20.9 Å². The number of benzene rings is 1. The first-order valence-corrected chi connectivity index (χ1v) is 11.7. The Kier molecular flexibility index (Phi) is 4.56. The molecule has 1 fully saturated rings. The van der Waals surface area contributed by atoms with Crippen LogP contribution in [0.1, 0.15) is 18.4 Å². The van der Waals surface area contributed by atoms with Crippen LogP contribution < -0.4 is 4.90 Å². The van der Waals surface area contributed by atoms with Crippen LogP contribution in [0.3, 0.4) is 0 Å². The molecule has 4 aliphatic rings. The summed E-state index contributed by atoms with van der Waals surface area (Å²) in [7, 11) is 0. The third-order valence-corrected chi connectivity index (χ3v) is 8.84. The normalized spacial score (nSPS) is 21.9. The van der Waals surface area contributed by atoms with E-state index >= 15 is 0 Å². The first-order chi connectivity index (χ1) is 14.0. The number of nitrogens with zero attached hydrogens (tertiary/aromatic N) is 2. The molecule has 1 aromatic rings. The average molecular weight is 445 g/mol. The predicted octanol–water partition coefficient (Wildman–Crippen LogP) is 3.51. The van der Waals surface area contributed by atoms with E-state index in [1.807, 2.05) is 11.5 Å². The number of aromatic hydroxyl groups is 1. The minimum atomic E-state index is -0.378. The van der Waals surface area contributed by atoms with Crippen LogP contribution in [0.5, 0.6) is 5.75 Å². The number of phenolic OH excluding ortho intramolecular Hbond substituents is 1. The SMILES string of the molecule is O=C1CCC(=O)N1CC(=O)N1CC2=C(c3cccc(O)c31)C1(C=CS2)SC=CS1. The zero-order valence-electron chi connectivity index (χ0n) is 15.2. The molecule has 0 aliphatic carbocycles. The zero-order chi connectivity index (χ0) is 20.2. The van der Waals surface area contributed by atoms with Crippen LogP contribution >= 0.6 is 35.3 Å². The Balaban J connectivity index is 1.55. The Hall–Kier alpha value is -2.10. The minimum Gasteiger partial charge on any atom is -0.506 e. The number of rotatable bonds is 2. The first-order valence-electron chi connectivity index (χ1n) is 9.05. The topological polar surface area (TPSA) is 77.9 Å². The summed E-state index contributed by atoms with van der Waals surface area (Å²) in [6, 6.07) is 5.24. The molecular formula is C20H16N2O4S3. The van der Waals surface area contributed by atoms with Crippen LogP contribution in [0.4, 0.5) is 5.69 Å². The van der Waals surface area contributed by atoms with Gasteiger partial charge in [0.2, 0.25) is 17.7 Å². The van der Waals surface area contributed by atoms with Crippen molar-refractivity contribution in [2.45, 2.75) is 16.9 Å². The zero-order valence-corrected chi connectivity index (χ0v) is 17.6. The standard InChI is InChI=1S/C20H16N2O4S3/c23-13-3-1-2-12-18-14(27-7-6-20(18)28-8-9-29-20)10-22(19(12)13)17(26)11-21-15(24)4-5-16(21)25/h1-3,6-9,23H,4-5,10-11H2. The second-order valence-corrected chi connectivity index (χ2v) is 10.5. The molecule has 0 unspecified atom stereocenters. The second-order valence-electron chi connectivity index (χ2n) is 6.92. The molecule has 0 radical (unpaired) electrons. The highest BCUT2D eigenvalue weighted by molar-refractivity contribution is 8.24. The van der Waals surface area contributed by atoms with E-state index in [0.29, 0.717) is 12.2 Å². The van der Waals surface area contributed by atoms with Crippen molar-refractivity contribution in [3.8, 4) is 5.75 Å². The largest absolute Gasteiger partial charge is 0.506 e. The van der Waals surface area contributed by atoms with Gasteiger partial charge in [-0.15, -0.1) is 35.3 Å². The highest BCUT2D eigenvalue weighted by atomic mass is 32.2. The number of amides is 3. The van der Waals surface area contributed by atoms with E-state index in [9.17, 15) is 19.5 Å². The van der Waals surface area contributed by atoms with Crippen LogP contribution in [0, 0.1) is 0 Å². The van der Waals surface area contributed by atoms with Crippen LogP contribution in [-0.2, 0) is 14.4 Å². The number of carbonyl (C=O) groups is 3. The third-order valence-electron chi connectivity index (χ3n) is 5.27. The van der Waals surface area contributed by atoms with Gasteiger partial charge in [-0.05, 0) is 28.4 Å². The fraction of sp³-hybridized carbons (Fsp3) is 0.250. The molecule has 3 amide bonds. The Morgan fingerprint density at radius 3 is 2.55 bits per heavy atom. The molecule has 6 nitrogen and oxygen atoms in total. The maximum Gasteiger partial charge on any atom is 0.247 e. The van der Waals surface area contributed by atoms with Crippen molar-refractivity contribution in [3.05, 3.63) is 51.0 Å². The van der Waals surface area contributed by atoms with Gasteiger partial charge in [-0.1, -0.05) is 12.1 Å². The molecular weight excluding hydrogens is 428 g/mol. The van der Waals surface area contributed by atoms with Crippen LogP contribution in [-0.4, -0.2) is 44.9 Å². The Morgan fingerprint density at radius 2 is 1.83 bits per heavy atom. The number of fused-ring (bicyclic) bond motifs is 3. The van der Waals surface area contributed by atoms with E-state index in [1.54, 1.807) is 47.4 Å². The maximum atomic E-state index is 13.1.